The molecule has 3 N–H and O–H groups in total. The molecular formula is C13H21N3O2S. The zero-order chi connectivity index (χ0) is 13.7. The summed E-state index contributed by atoms with van der Waals surface area (Å²) in [5.74, 6) is 0. The van der Waals surface area contributed by atoms with Gasteiger partial charge < -0.3 is 5.32 Å². The normalized spacial score (nSPS) is 19.1. The van der Waals surface area contributed by atoms with Crippen molar-refractivity contribution in [2.45, 2.75) is 25.8 Å². The van der Waals surface area contributed by atoms with Gasteiger partial charge in [-0.05, 0) is 30.5 Å². The average Bonchev–Trinajstić information content (AvgIpc) is 2.43. The Morgan fingerprint density at radius 3 is 2.89 bits per heavy atom. The molecule has 1 atom stereocenters. The van der Waals surface area contributed by atoms with Crippen molar-refractivity contribution in [2.75, 3.05) is 19.6 Å². The lowest BCUT2D eigenvalue weighted by atomic mass is 9.95. The zero-order valence-corrected chi connectivity index (χ0v) is 12.0. The van der Waals surface area contributed by atoms with Crippen molar-refractivity contribution >= 4 is 10.2 Å². The van der Waals surface area contributed by atoms with Crippen molar-refractivity contribution < 1.29 is 8.42 Å². The van der Waals surface area contributed by atoms with E-state index in [9.17, 15) is 8.42 Å². The van der Waals surface area contributed by atoms with Crippen molar-refractivity contribution in [3.05, 3.63) is 35.4 Å². The van der Waals surface area contributed by atoms with Gasteiger partial charge >= 0.3 is 0 Å². The molecule has 106 valence electrons. The van der Waals surface area contributed by atoms with Gasteiger partial charge in [-0.25, -0.2) is 9.44 Å². The lowest BCUT2D eigenvalue weighted by Gasteiger charge is -2.27. The van der Waals surface area contributed by atoms with E-state index >= 15 is 0 Å². The van der Waals surface area contributed by atoms with Gasteiger partial charge in [-0.1, -0.05) is 31.2 Å². The molecule has 0 saturated heterocycles. The molecule has 0 bridgehead atoms. The highest BCUT2D eigenvalue weighted by Crippen LogP contribution is 2.21. The van der Waals surface area contributed by atoms with E-state index < -0.39 is 10.2 Å². The van der Waals surface area contributed by atoms with Gasteiger partial charge in [-0.2, -0.15) is 8.42 Å². The summed E-state index contributed by atoms with van der Waals surface area (Å²) in [6.45, 7) is 3.65. The molecule has 19 heavy (non-hydrogen) atoms. The van der Waals surface area contributed by atoms with Crippen molar-refractivity contribution in [1.82, 2.24) is 14.8 Å². The molecule has 2 rings (SSSR count). The van der Waals surface area contributed by atoms with Gasteiger partial charge in [-0.3, -0.25) is 0 Å². The van der Waals surface area contributed by atoms with Gasteiger partial charge in [-0.15, -0.1) is 0 Å². The number of nitrogens with one attached hydrogen (secondary N) is 3. The Balaban J connectivity index is 1.98. The Labute approximate surface area is 115 Å². The second-order valence-electron chi connectivity index (χ2n) is 4.70. The SMILES string of the molecule is CCCNS(=O)(=O)NCC1NCCc2ccccc21. The van der Waals surface area contributed by atoms with Crippen LogP contribution >= 0.6 is 0 Å². The highest BCUT2D eigenvalue weighted by atomic mass is 32.2. The Morgan fingerprint density at radius 1 is 1.32 bits per heavy atom. The van der Waals surface area contributed by atoms with Crippen molar-refractivity contribution in [3.63, 3.8) is 0 Å². The Bertz CT molecular complexity index is 516. The van der Waals surface area contributed by atoms with E-state index in [0.717, 1.165) is 19.4 Å². The third-order valence-electron chi connectivity index (χ3n) is 3.24. The van der Waals surface area contributed by atoms with E-state index in [-0.39, 0.29) is 6.04 Å². The van der Waals surface area contributed by atoms with Crippen LogP contribution in [0.4, 0.5) is 0 Å². The van der Waals surface area contributed by atoms with Crippen LogP contribution in [0.5, 0.6) is 0 Å². The molecule has 0 saturated carbocycles. The quantitative estimate of drug-likeness (QED) is 0.720. The maximum Gasteiger partial charge on any atom is 0.276 e. The molecule has 5 nitrogen and oxygen atoms in total. The summed E-state index contributed by atoms with van der Waals surface area (Å²) >= 11 is 0. The Morgan fingerprint density at radius 2 is 2.11 bits per heavy atom. The fraction of sp³-hybridized carbons (Fsp3) is 0.538. The molecule has 1 heterocycles. The molecule has 0 radical (unpaired) electrons. The molecule has 0 spiro atoms. The molecule has 0 aliphatic carbocycles. The third kappa shape index (κ3) is 4.01. The standard InChI is InChI=1S/C13H21N3O2S/c1-2-8-15-19(17,18)16-10-13-12-6-4-3-5-11(12)7-9-14-13/h3-6,13-16H,2,7-10H2,1H3. The molecule has 1 aliphatic rings. The van der Waals surface area contributed by atoms with Crippen molar-refractivity contribution in [2.24, 2.45) is 0 Å². The summed E-state index contributed by atoms with van der Waals surface area (Å²) in [6.07, 6.45) is 1.78. The average molecular weight is 283 g/mol. The van der Waals surface area contributed by atoms with E-state index in [1.165, 1.54) is 11.1 Å². The first-order valence-corrected chi connectivity index (χ1v) is 8.16. The molecule has 1 aromatic rings. The van der Waals surface area contributed by atoms with Gasteiger partial charge in [0.05, 0.1) is 0 Å². The molecule has 6 heteroatoms. The van der Waals surface area contributed by atoms with Crippen LogP contribution in [0, 0.1) is 0 Å². The highest BCUT2D eigenvalue weighted by Gasteiger charge is 2.20. The summed E-state index contributed by atoms with van der Waals surface area (Å²) in [5.41, 5.74) is 2.49. The van der Waals surface area contributed by atoms with Crippen LogP contribution < -0.4 is 14.8 Å². The van der Waals surface area contributed by atoms with Crippen LogP contribution in [-0.4, -0.2) is 28.1 Å². The van der Waals surface area contributed by atoms with Gasteiger partial charge in [0.25, 0.3) is 10.2 Å². The largest absolute Gasteiger partial charge is 0.308 e. The van der Waals surface area contributed by atoms with Gasteiger partial charge in [0.2, 0.25) is 0 Å². The predicted molar refractivity (Wildman–Crippen MR) is 76.1 cm³/mol. The van der Waals surface area contributed by atoms with Crippen LogP contribution in [0.25, 0.3) is 0 Å². The topological polar surface area (TPSA) is 70.2 Å². The van der Waals surface area contributed by atoms with Crippen LogP contribution in [0.3, 0.4) is 0 Å². The first-order valence-electron chi connectivity index (χ1n) is 6.68. The zero-order valence-electron chi connectivity index (χ0n) is 11.1. The lowest BCUT2D eigenvalue weighted by molar-refractivity contribution is 0.488. The first-order chi connectivity index (χ1) is 9.12. The Hall–Kier alpha value is -0.950. The monoisotopic (exact) mass is 283 g/mol. The maximum atomic E-state index is 11.7. The van der Waals surface area contributed by atoms with E-state index in [2.05, 4.69) is 26.9 Å². The molecule has 0 aromatic heterocycles. The summed E-state index contributed by atoms with van der Waals surface area (Å²) in [6, 6.07) is 8.22. The molecule has 1 unspecified atom stereocenters. The fourth-order valence-electron chi connectivity index (χ4n) is 2.26. The van der Waals surface area contributed by atoms with Crippen molar-refractivity contribution in [1.29, 1.82) is 0 Å². The minimum absolute atomic E-state index is 0.0446. The summed E-state index contributed by atoms with van der Waals surface area (Å²) < 4.78 is 28.5. The first kappa shape index (κ1) is 14.5. The van der Waals surface area contributed by atoms with Gasteiger partial charge in [0.15, 0.2) is 0 Å². The Kier molecular flexibility index (Phi) is 4.93. The number of fused-ring (bicyclic) bond motifs is 1. The smallest absolute Gasteiger partial charge is 0.276 e. The predicted octanol–water partition coefficient (Wildman–Crippen LogP) is 0.707. The number of rotatable bonds is 6. The van der Waals surface area contributed by atoms with E-state index in [1.807, 2.05) is 19.1 Å². The molecular weight excluding hydrogens is 262 g/mol. The minimum atomic E-state index is -3.39. The van der Waals surface area contributed by atoms with E-state index in [1.54, 1.807) is 0 Å². The second kappa shape index (κ2) is 6.47. The van der Waals surface area contributed by atoms with Crippen LogP contribution in [-0.2, 0) is 16.6 Å². The summed E-state index contributed by atoms with van der Waals surface area (Å²) in [7, 11) is -3.39. The van der Waals surface area contributed by atoms with E-state index in [4.69, 9.17) is 0 Å². The number of hydrogen-bond donors (Lipinski definition) is 3. The second-order valence-corrected chi connectivity index (χ2v) is 6.29. The molecule has 1 aliphatic heterocycles. The molecule has 0 fully saturated rings. The third-order valence-corrected chi connectivity index (χ3v) is 4.37. The molecule has 1 aromatic carbocycles. The van der Waals surface area contributed by atoms with Crippen LogP contribution in [0.1, 0.15) is 30.5 Å². The number of benzene rings is 1. The summed E-state index contributed by atoms with van der Waals surface area (Å²) in [5, 5.41) is 3.35. The van der Waals surface area contributed by atoms with Crippen LogP contribution in [0.15, 0.2) is 24.3 Å². The molecule has 0 amide bonds. The van der Waals surface area contributed by atoms with Gasteiger partial charge in [0.1, 0.15) is 0 Å². The van der Waals surface area contributed by atoms with Crippen molar-refractivity contribution in [3.8, 4) is 0 Å². The highest BCUT2D eigenvalue weighted by molar-refractivity contribution is 7.87. The van der Waals surface area contributed by atoms with E-state index in [0.29, 0.717) is 13.1 Å². The fourth-order valence-corrected chi connectivity index (χ4v) is 3.22. The summed E-state index contributed by atoms with van der Waals surface area (Å²) in [4.78, 5) is 0. The van der Waals surface area contributed by atoms with Gasteiger partial charge in [0, 0.05) is 19.1 Å². The lowest BCUT2D eigenvalue weighted by Crippen LogP contribution is -2.43. The number of hydrogen-bond acceptors (Lipinski definition) is 3. The van der Waals surface area contributed by atoms with Crippen LogP contribution in [0.2, 0.25) is 0 Å². The maximum absolute atomic E-state index is 11.7. The minimum Gasteiger partial charge on any atom is -0.308 e.